The molecular weight excluding hydrogens is 314 g/mol. The summed E-state index contributed by atoms with van der Waals surface area (Å²) >= 11 is 0. The fourth-order valence-corrected chi connectivity index (χ4v) is 3.70. The van der Waals surface area contributed by atoms with Gasteiger partial charge >= 0.3 is 0 Å². The summed E-state index contributed by atoms with van der Waals surface area (Å²) in [5.74, 6) is 2.69. The van der Waals surface area contributed by atoms with Crippen LogP contribution in [-0.4, -0.2) is 40.3 Å². The maximum absolute atomic E-state index is 6.13. The van der Waals surface area contributed by atoms with E-state index in [1.165, 1.54) is 12.8 Å². The molecule has 0 unspecified atom stereocenters. The van der Waals surface area contributed by atoms with Crippen molar-refractivity contribution in [2.45, 2.75) is 32.4 Å². The van der Waals surface area contributed by atoms with Gasteiger partial charge in [0, 0.05) is 19.7 Å². The van der Waals surface area contributed by atoms with Crippen molar-refractivity contribution < 1.29 is 9.15 Å². The molecule has 4 rings (SSSR count). The summed E-state index contributed by atoms with van der Waals surface area (Å²) in [5.41, 5.74) is 2.11. The van der Waals surface area contributed by atoms with E-state index in [1.54, 1.807) is 0 Å². The number of aromatic nitrogens is 2. The molecule has 132 valence electrons. The van der Waals surface area contributed by atoms with Crippen LogP contribution in [0.15, 0.2) is 40.8 Å². The maximum atomic E-state index is 6.13. The molecule has 2 aromatic heterocycles. The second-order valence-electron chi connectivity index (χ2n) is 6.68. The minimum atomic E-state index is 0.504. The second-order valence-corrected chi connectivity index (χ2v) is 6.68. The van der Waals surface area contributed by atoms with Crippen LogP contribution in [0.4, 0.5) is 0 Å². The van der Waals surface area contributed by atoms with Crippen LogP contribution in [0.25, 0.3) is 22.6 Å². The molecule has 0 aliphatic carbocycles. The molecule has 0 N–H and O–H groups in total. The molecule has 0 spiro atoms. The largest absolute Gasteiger partial charge is 0.456 e. The van der Waals surface area contributed by atoms with E-state index in [9.17, 15) is 0 Å². The fraction of sp³-hybridized carbons (Fsp3) is 0.450. The lowest BCUT2D eigenvalue weighted by molar-refractivity contribution is 0.0796. The fourth-order valence-electron chi connectivity index (χ4n) is 3.70. The zero-order valence-electron chi connectivity index (χ0n) is 14.9. The molecular formula is C20H25N3O2. The molecule has 0 radical (unpaired) electrons. The van der Waals surface area contributed by atoms with E-state index >= 15 is 0 Å². The molecule has 1 aliphatic rings. The number of imidazole rings is 1. The van der Waals surface area contributed by atoms with Gasteiger partial charge in [-0.05, 0) is 50.6 Å². The average Bonchev–Trinajstić information content (AvgIpc) is 3.34. The summed E-state index contributed by atoms with van der Waals surface area (Å²) in [4.78, 5) is 7.18. The predicted molar refractivity (Wildman–Crippen MR) is 98.3 cm³/mol. The molecule has 25 heavy (non-hydrogen) atoms. The number of benzene rings is 1. The monoisotopic (exact) mass is 339 g/mol. The van der Waals surface area contributed by atoms with Crippen LogP contribution in [0, 0.1) is 0 Å². The Bertz CT molecular complexity index is 852. The summed E-state index contributed by atoms with van der Waals surface area (Å²) in [6.07, 6.45) is 2.44. The SMILES string of the molecule is CCOC[C@@H]1CCCN1Cc1ccc(-c2nc3ccccc3n2C)o1. The average molecular weight is 339 g/mol. The molecule has 1 fully saturated rings. The number of hydrogen-bond acceptors (Lipinski definition) is 4. The van der Waals surface area contributed by atoms with Gasteiger partial charge in [-0.2, -0.15) is 0 Å². The summed E-state index contributed by atoms with van der Waals surface area (Å²) in [5, 5.41) is 0. The number of hydrogen-bond donors (Lipinski definition) is 0. The Labute approximate surface area is 148 Å². The van der Waals surface area contributed by atoms with E-state index in [0.29, 0.717) is 6.04 Å². The molecule has 5 heteroatoms. The molecule has 1 atom stereocenters. The third kappa shape index (κ3) is 3.22. The minimum Gasteiger partial charge on any atom is -0.456 e. The molecule has 0 bridgehead atoms. The summed E-state index contributed by atoms with van der Waals surface area (Å²) in [6, 6.07) is 12.8. The zero-order valence-corrected chi connectivity index (χ0v) is 14.9. The van der Waals surface area contributed by atoms with Crippen molar-refractivity contribution in [3.8, 4) is 11.6 Å². The van der Waals surface area contributed by atoms with E-state index in [4.69, 9.17) is 14.1 Å². The van der Waals surface area contributed by atoms with E-state index in [0.717, 1.165) is 54.7 Å². The lowest BCUT2D eigenvalue weighted by Crippen LogP contribution is -2.32. The van der Waals surface area contributed by atoms with E-state index in [-0.39, 0.29) is 0 Å². The van der Waals surface area contributed by atoms with Gasteiger partial charge < -0.3 is 13.7 Å². The van der Waals surface area contributed by atoms with Crippen LogP contribution < -0.4 is 0 Å². The van der Waals surface area contributed by atoms with Crippen LogP contribution in [0.3, 0.4) is 0 Å². The topological polar surface area (TPSA) is 43.4 Å². The predicted octanol–water partition coefficient (Wildman–Crippen LogP) is 3.83. The first-order chi connectivity index (χ1) is 12.3. The number of furan rings is 1. The zero-order chi connectivity index (χ0) is 17.2. The second kappa shape index (κ2) is 7.02. The maximum Gasteiger partial charge on any atom is 0.176 e. The summed E-state index contributed by atoms with van der Waals surface area (Å²) < 4.78 is 13.8. The number of nitrogens with zero attached hydrogens (tertiary/aromatic N) is 3. The molecule has 0 amide bonds. The molecule has 3 aromatic rings. The molecule has 0 saturated carbocycles. The van der Waals surface area contributed by atoms with Crippen LogP contribution in [0.5, 0.6) is 0 Å². The Morgan fingerprint density at radius 3 is 2.96 bits per heavy atom. The Kier molecular flexibility index (Phi) is 4.59. The first-order valence-corrected chi connectivity index (χ1v) is 9.08. The van der Waals surface area contributed by atoms with Crippen LogP contribution in [0.1, 0.15) is 25.5 Å². The van der Waals surface area contributed by atoms with E-state index in [2.05, 4.69) is 28.5 Å². The number of aryl methyl sites for hydroxylation is 1. The molecule has 1 aliphatic heterocycles. The van der Waals surface area contributed by atoms with E-state index < -0.39 is 0 Å². The lowest BCUT2D eigenvalue weighted by atomic mass is 10.2. The number of fused-ring (bicyclic) bond motifs is 1. The van der Waals surface area contributed by atoms with Gasteiger partial charge in [-0.25, -0.2) is 4.98 Å². The Hall–Kier alpha value is -2.11. The van der Waals surface area contributed by atoms with Crippen LogP contribution in [-0.2, 0) is 18.3 Å². The van der Waals surface area contributed by atoms with Gasteiger partial charge in [0.15, 0.2) is 11.6 Å². The van der Waals surface area contributed by atoms with Crippen molar-refractivity contribution in [1.82, 2.24) is 14.5 Å². The smallest absolute Gasteiger partial charge is 0.176 e. The first-order valence-electron chi connectivity index (χ1n) is 9.08. The van der Waals surface area contributed by atoms with Crippen molar-refractivity contribution >= 4 is 11.0 Å². The van der Waals surface area contributed by atoms with Crippen molar-refractivity contribution in [3.05, 3.63) is 42.2 Å². The molecule has 1 saturated heterocycles. The highest BCUT2D eigenvalue weighted by Gasteiger charge is 2.25. The van der Waals surface area contributed by atoms with Gasteiger partial charge in [-0.1, -0.05) is 12.1 Å². The number of ether oxygens (including phenoxy) is 1. The number of para-hydroxylation sites is 2. The van der Waals surface area contributed by atoms with E-state index in [1.807, 2.05) is 31.3 Å². The van der Waals surface area contributed by atoms with Crippen molar-refractivity contribution in [1.29, 1.82) is 0 Å². The third-order valence-electron chi connectivity index (χ3n) is 5.04. The van der Waals surface area contributed by atoms with Gasteiger partial charge in [-0.15, -0.1) is 0 Å². The number of likely N-dealkylation sites (tertiary alicyclic amines) is 1. The highest BCUT2D eigenvalue weighted by atomic mass is 16.5. The molecule has 1 aromatic carbocycles. The first kappa shape index (κ1) is 16.4. The quantitative estimate of drug-likeness (QED) is 0.684. The van der Waals surface area contributed by atoms with Gasteiger partial charge in [-0.3, -0.25) is 4.90 Å². The van der Waals surface area contributed by atoms with Gasteiger partial charge in [0.25, 0.3) is 0 Å². The Morgan fingerprint density at radius 2 is 2.12 bits per heavy atom. The Balaban J connectivity index is 1.52. The van der Waals surface area contributed by atoms with Crippen molar-refractivity contribution in [3.63, 3.8) is 0 Å². The highest BCUT2D eigenvalue weighted by molar-refractivity contribution is 5.79. The molecule has 3 heterocycles. The minimum absolute atomic E-state index is 0.504. The summed E-state index contributed by atoms with van der Waals surface area (Å²) in [6.45, 7) is 5.59. The van der Waals surface area contributed by atoms with Crippen LogP contribution >= 0.6 is 0 Å². The Morgan fingerprint density at radius 1 is 1.24 bits per heavy atom. The van der Waals surface area contributed by atoms with Crippen molar-refractivity contribution in [2.75, 3.05) is 19.8 Å². The highest BCUT2D eigenvalue weighted by Crippen LogP contribution is 2.27. The standard InChI is InChI=1S/C20H25N3O2/c1-3-24-14-15-7-6-12-23(15)13-16-10-11-19(25-16)20-21-17-8-4-5-9-18(17)22(20)2/h4-5,8-11,15H,3,6-7,12-14H2,1-2H3/t15-/m0/s1. The van der Waals surface area contributed by atoms with Gasteiger partial charge in [0.2, 0.25) is 0 Å². The summed E-state index contributed by atoms with van der Waals surface area (Å²) in [7, 11) is 2.03. The molecule has 5 nitrogen and oxygen atoms in total. The third-order valence-corrected chi connectivity index (χ3v) is 5.04. The van der Waals surface area contributed by atoms with Crippen LogP contribution in [0.2, 0.25) is 0 Å². The normalized spacial score (nSPS) is 18.4. The van der Waals surface area contributed by atoms with Gasteiger partial charge in [0.1, 0.15) is 5.76 Å². The van der Waals surface area contributed by atoms with Gasteiger partial charge in [0.05, 0.1) is 24.2 Å². The number of rotatable bonds is 6. The lowest BCUT2D eigenvalue weighted by Gasteiger charge is -2.23. The van der Waals surface area contributed by atoms with Crippen molar-refractivity contribution in [2.24, 2.45) is 7.05 Å².